The van der Waals surface area contributed by atoms with Crippen LogP contribution in [0.2, 0.25) is 0 Å². The number of hydrogen-bond acceptors (Lipinski definition) is 3. The van der Waals surface area contributed by atoms with Gasteiger partial charge in [0.2, 0.25) is 0 Å². The van der Waals surface area contributed by atoms with Crippen LogP contribution >= 0.6 is 0 Å². The van der Waals surface area contributed by atoms with Gasteiger partial charge in [-0.3, -0.25) is 9.59 Å². The fourth-order valence-corrected chi connectivity index (χ4v) is 1.80. The van der Waals surface area contributed by atoms with E-state index < -0.39 is 11.9 Å². The summed E-state index contributed by atoms with van der Waals surface area (Å²) < 4.78 is 4.64. The minimum atomic E-state index is -0.703. The average molecular weight is 260 g/mol. The normalized spacial score (nSPS) is 12.9. The molecule has 19 heavy (non-hydrogen) atoms. The lowest BCUT2D eigenvalue weighted by molar-refractivity contribution is -0.148. The van der Waals surface area contributed by atoms with E-state index in [4.69, 9.17) is 0 Å². The van der Waals surface area contributed by atoms with Crippen LogP contribution in [-0.2, 0) is 14.3 Å². The van der Waals surface area contributed by atoms with E-state index in [1.807, 2.05) is 44.2 Å². The second kappa shape index (κ2) is 6.88. The fraction of sp³-hybridized carbons (Fsp3) is 0.375. The minimum absolute atomic E-state index is 0.167. The Bertz CT molecular complexity index is 483. The Morgan fingerprint density at radius 1 is 1.21 bits per heavy atom. The zero-order valence-corrected chi connectivity index (χ0v) is 11.9. The number of aryl methyl sites for hydroxylation is 1. The van der Waals surface area contributed by atoms with Crippen LogP contribution in [0.25, 0.3) is 5.57 Å². The van der Waals surface area contributed by atoms with Gasteiger partial charge < -0.3 is 4.74 Å². The second-order valence-corrected chi connectivity index (χ2v) is 4.68. The van der Waals surface area contributed by atoms with Gasteiger partial charge in [0.1, 0.15) is 11.7 Å². The lowest BCUT2D eigenvalue weighted by atomic mass is 9.97. The zero-order valence-electron chi connectivity index (χ0n) is 11.9. The molecule has 0 fully saturated rings. The molecule has 0 aliphatic heterocycles. The molecule has 0 aliphatic carbocycles. The van der Waals surface area contributed by atoms with Crippen molar-refractivity contribution < 1.29 is 14.3 Å². The quantitative estimate of drug-likeness (QED) is 0.603. The Labute approximate surface area is 114 Å². The zero-order chi connectivity index (χ0) is 14.4. The maximum absolute atomic E-state index is 11.5. The number of ether oxygens (including phenoxy) is 1. The van der Waals surface area contributed by atoms with Crippen LogP contribution in [0.4, 0.5) is 0 Å². The minimum Gasteiger partial charge on any atom is -0.468 e. The molecule has 0 amide bonds. The second-order valence-electron chi connectivity index (χ2n) is 4.68. The topological polar surface area (TPSA) is 43.4 Å². The van der Waals surface area contributed by atoms with E-state index in [0.29, 0.717) is 6.42 Å². The molecule has 1 aromatic rings. The summed E-state index contributed by atoms with van der Waals surface area (Å²) in [4.78, 5) is 22.9. The number of benzene rings is 1. The third-order valence-electron chi connectivity index (χ3n) is 3.14. The van der Waals surface area contributed by atoms with E-state index >= 15 is 0 Å². The van der Waals surface area contributed by atoms with Gasteiger partial charge in [-0.2, -0.15) is 0 Å². The standard InChI is InChI=1S/C16H20O3/c1-11-5-8-14(9-6-11)12(2)7-10-15(13(3)17)16(18)19-4/h5-9,15H,10H2,1-4H3/b12-7+. The maximum Gasteiger partial charge on any atom is 0.316 e. The third kappa shape index (κ3) is 4.36. The Kier molecular flexibility index (Phi) is 5.49. The van der Waals surface area contributed by atoms with Gasteiger partial charge in [0.15, 0.2) is 0 Å². The van der Waals surface area contributed by atoms with E-state index in [2.05, 4.69) is 4.74 Å². The highest BCUT2D eigenvalue weighted by Crippen LogP contribution is 2.18. The first-order chi connectivity index (χ1) is 8.95. The first kappa shape index (κ1) is 15.2. The smallest absolute Gasteiger partial charge is 0.316 e. The molecule has 0 heterocycles. The lowest BCUT2D eigenvalue weighted by Crippen LogP contribution is -2.22. The van der Waals surface area contributed by atoms with Crippen LogP contribution in [0, 0.1) is 12.8 Å². The summed E-state index contributed by atoms with van der Waals surface area (Å²) in [7, 11) is 1.30. The van der Waals surface area contributed by atoms with Crippen molar-refractivity contribution in [2.45, 2.75) is 27.2 Å². The van der Waals surface area contributed by atoms with Crippen molar-refractivity contribution >= 4 is 17.3 Å². The highest BCUT2D eigenvalue weighted by Gasteiger charge is 2.22. The number of carbonyl (C=O) groups excluding carboxylic acids is 2. The van der Waals surface area contributed by atoms with E-state index in [0.717, 1.165) is 11.1 Å². The predicted molar refractivity (Wildman–Crippen MR) is 75.6 cm³/mol. The van der Waals surface area contributed by atoms with Crippen LogP contribution in [-0.4, -0.2) is 18.9 Å². The molecule has 3 nitrogen and oxygen atoms in total. The van der Waals surface area contributed by atoms with Gasteiger partial charge in [0, 0.05) is 0 Å². The first-order valence-electron chi connectivity index (χ1n) is 6.27. The number of carbonyl (C=O) groups is 2. The van der Waals surface area contributed by atoms with Crippen molar-refractivity contribution in [2.75, 3.05) is 7.11 Å². The van der Waals surface area contributed by atoms with Crippen LogP contribution in [0.5, 0.6) is 0 Å². The summed E-state index contributed by atoms with van der Waals surface area (Å²) in [5.41, 5.74) is 3.35. The van der Waals surface area contributed by atoms with Crippen molar-refractivity contribution in [3.05, 3.63) is 41.5 Å². The van der Waals surface area contributed by atoms with E-state index in [9.17, 15) is 9.59 Å². The summed E-state index contributed by atoms with van der Waals surface area (Å²) in [6.45, 7) is 5.42. The molecule has 0 radical (unpaired) electrons. The fourth-order valence-electron chi connectivity index (χ4n) is 1.80. The summed E-state index contributed by atoms with van der Waals surface area (Å²) in [5, 5.41) is 0. The van der Waals surface area contributed by atoms with Crippen molar-refractivity contribution in [1.82, 2.24) is 0 Å². The molecule has 0 saturated heterocycles. The van der Waals surface area contributed by atoms with Crippen molar-refractivity contribution in [1.29, 1.82) is 0 Å². The molecule has 3 heteroatoms. The Morgan fingerprint density at radius 3 is 2.26 bits per heavy atom. The van der Waals surface area contributed by atoms with Crippen LogP contribution in [0.3, 0.4) is 0 Å². The average Bonchev–Trinajstić information content (AvgIpc) is 2.38. The molecule has 1 rings (SSSR count). The number of methoxy groups -OCH3 is 1. The number of Topliss-reactive ketones (excluding diaryl/α,β-unsaturated/α-hetero) is 1. The molecule has 102 valence electrons. The van der Waals surface area contributed by atoms with Gasteiger partial charge in [0.05, 0.1) is 7.11 Å². The highest BCUT2D eigenvalue weighted by molar-refractivity contribution is 5.98. The highest BCUT2D eigenvalue weighted by atomic mass is 16.5. The largest absolute Gasteiger partial charge is 0.468 e. The van der Waals surface area contributed by atoms with Crippen LogP contribution in [0.15, 0.2) is 30.3 Å². The molecule has 0 bridgehead atoms. The van der Waals surface area contributed by atoms with Crippen LogP contribution in [0.1, 0.15) is 31.4 Å². The van der Waals surface area contributed by atoms with Gasteiger partial charge >= 0.3 is 5.97 Å². The SMILES string of the molecule is COC(=O)C(C/C=C(\C)c1ccc(C)cc1)C(C)=O. The molecule has 0 aliphatic rings. The van der Waals surface area contributed by atoms with Crippen molar-refractivity contribution in [3.8, 4) is 0 Å². The van der Waals surface area contributed by atoms with Gasteiger partial charge in [-0.1, -0.05) is 35.9 Å². The van der Waals surface area contributed by atoms with Crippen LogP contribution < -0.4 is 0 Å². The van der Waals surface area contributed by atoms with Gasteiger partial charge in [-0.15, -0.1) is 0 Å². The van der Waals surface area contributed by atoms with Crippen molar-refractivity contribution in [3.63, 3.8) is 0 Å². The molecule has 0 N–H and O–H groups in total. The van der Waals surface area contributed by atoms with Crippen molar-refractivity contribution in [2.24, 2.45) is 5.92 Å². The molecule has 0 spiro atoms. The molecule has 0 aromatic heterocycles. The van der Waals surface area contributed by atoms with Gasteiger partial charge in [-0.25, -0.2) is 0 Å². The predicted octanol–water partition coefficient (Wildman–Crippen LogP) is 3.17. The maximum atomic E-state index is 11.5. The van der Waals surface area contributed by atoms with Gasteiger partial charge in [0.25, 0.3) is 0 Å². The summed E-state index contributed by atoms with van der Waals surface area (Å²) >= 11 is 0. The monoisotopic (exact) mass is 260 g/mol. The van der Waals surface area contributed by atoms with E-state index in [1.165, 1.54) is 19.6 Å². The molecular formula is C16H20O3. The number of esters is 1. The Balaban J connectivity index is 2.81. The molecule has 1 unspecified atom stereocenters. The summed E-state index contributed by atoms with van der Waals surface area (Å²) in [6, 6.07) is 8.13. The lowest BCUT2D eigenvalue weighted by Gasteiger charge is -2.09. The molecular weight excluding hydrogens is 240 g/mol. The number of ketones is 1. The number of rotatable bonds is 5. The van der Waals surface area contributed by atoms with Gasteiger partial charge in [-0.05, 0) is 38.3 Å². The number of hydrogen-bond donors (Lipinski definition) is 0. The summed E-state index contributed by atoms with van der Waals surface area (Å²) in [6.07, 6.45) is 2.29. The first-order valence-corrected chi connectivity index (χ1v) is 6.27. The molecule has 1 aromatic carbocycles. The molecule has 1 atom stereocenters. The Hall–Kier alpha value is -1.90. The summed E-state index contributed by atoms with van der Waals surface area (Å²) in [5.74, 6) is -1.34. The van der Waals surface area contributed by atoms with E-state index in [-0.39, 0.29) is 5.78 Å². The Morgan fingerprint density at radius 2 is 1.79 bits per heavy atom. The van der Waals surface area contributed by atoms with E-state index in [1.54, 1.807) is 0 Å². The number of allylic oxidation sites excluding steroid dienone is 2. The third-order valence-corrected chi connectivity index (χ3v) is 3.14. The molecule has 0 saturated carbocycles.